The Bertz CT molecular complexity index is 1040. The highest BCUT2D eigenvalue weighted by molar-refractivity contribution is 6.47. The number of aliphatic imine (C=N–C) groups is 2. The van der Waals surface area contributed by atoms with Gasteiger partial charge in [-0.15, -0.1) is 0 Å². The van der Waals surface area contributed by atoms with Crippen molar-refractivity contribution in [2.45, 2.75) is 187 Å². The molecule has 0 atom stereocenters. The molecule has 0 aliphatic carbocycles. The molecule has 262 valence electrons. The lowest BCUT2D eigenvalue weighted by Gasteiger charge is -2.08. The van der Waals surface area contributed by atoms with Gasteiger partial charge in [0.1, 0.15) is 0 Å². The van der Waals surface area contributed by atoms with E-state index < -0.39 is 0 Å². The fourth-order valence-corrected chi connectivity index (χ4v) is 6.35. The van der Waals surface area contributed by atoms with Gasteiger partial charge in [-0.2, -0.15) is 0 Å². The van der Waals surface area contributed by atoms with E-state index in [1.54, 1.807) is 0 Å². The summed E-state index contributed by atoms with van der Waals surface area (Å²) < 4.78 is 0. The molecule has 0 fully saturated rings. The van der Waals surface area contributed by atoms with Crippen LogP contribution in [0.2, 0.25) is 0 Å². The van der Waals surface area contributed by atoms with Gasteiger partial charge in [0, 0.05) is 0 Å². The predicted octanol–water partition coefficient (Wildman–Crippen LogP) is 15.7. The summed E-state index contributed by atoms with van der Waals surface area (Å²) in [5.74, 6) is 0. The standard InChI is InChI=1S/C45H72N2/c1-3-5-7-8-9-10-11-12-13-14-15-16-17-18-19-20-21-22-23-24-25-26-27-35-41-45(47-43-38-33-29-34-39-43)44(40-30-6-4-2)46-42-36-31-28-32-37-42/h28-29,31-39,41H,3-27,30,40H2,1-2H3/b41-35+,46-44?,47-45?. The molecule has 0 aromatic heterocycles. The van der Waals surface area contributed by atoms with E-state index in [-0.39, 0.29) is 0 Å². The van der Waals surface area contributed by atoms with Gasteiger partial charge in [-0.05, 0) is 56.0 Å². The van der Waals surface area contributed by atoms with Crippen LogP contribution in [0, 0.1) is 0 Å². The van der Waals surface area contributed by atoms with Gasteiger partial charge in [-0.1, -0.05) is 204 Å². The van der Waals surface area contributed by atoms with Gasteiger partial charge in [0.25, 0.3) is 0 Å². The number of nitrogens with zero attached hydrogens (tertiary/aromatic N) is 2. The van der Waals surface area contributed by atoms with Crippen LogP contribution in [0.1, 0.15) is 187 Å². The zero-order chi connectivity index (χ0) is 33.3. The molecule has 0 saturated heterocycles. The number of unbranched alkanes of at least 4 members (excludes halogenated alkanes) is 24. The average molecular weight is 641 g/mol. The van der Waals surface area contributed by atoms with Gasteiger partial charge >= 0.3 is 0 Å². The largest absolute Gasteiger partial charge is 0.251 e. The topological polar surface area (TPSA) is 24.7 Å². The molecule has 0 spiro atoms. The van der Waals surface area contributed by atoms with E-state index in [1.807, 2.05) is 0 Å². The summed E-state index contributed by atoms with van der Waals surface area (Å²) in [7, 11) is 0. The Hall–Kier alpha value is -2.48. The minimum Gasteiger partial charge on any atom is -0.251 e. The second-order valence-corrected chi connectivity index (χ2v) is 13.8. The first kappa shape index (κ1) is 40.7. The van der Waals surface area contributed by atoms with Gasteiger partial charge in [0.05, 0.1) is 22.8 Å². The van der Waals surface area contributed by atoms with Crippen molar-refractivity contribution >= 4 is 22.8 Å². The summed E-state index contributed by atoms with van der Waals surface area (Å²) >= 11 is 0. The Morgan fingerprint density at radius 1 is 0.426 bits per heavy atom. The predicted molar refractivity (Wildman–Crippen MR) is 212 cm³/mol. The summed E-state index contributed by atoms with van der Waals surface area (Å²) in [6.45, 7) is 4.56. The molecular formula is C45H72N2. The van der Waals surface area contributed by atoms with Crippen molar-refractivity contribution in [1.82, 2.24) is 0 Å². The molecular weight excluding hydrogens is 569 g/mol. The molecule has 0 saturated carbocycles. The van der Waals surface area contributed by atoms with Crippen LogP contribution in [0.4, 0.5) is 11.4 Å². The van der Waals surface area contributed by atoms with Crippen LogP contribution in [0.3, 0.4) is 0 Å². The molecule has 0 bridgehead atoms. The highest BCUT2D eigenvalue weighted by Crippen LogP contribution is 2.19. The van der Waals surface area contributed by atoms with Crippen molar-refractivity contribution in [3.05, 3.63) is 72.8 Å². The Labute approximate surface area is 292 Å². The van der Waals surface area contributed by atoms with Crippen molar-refractivity contribution in [2.75, 3.05) is 0 Å². The third kappa shape index (κ3) is 23.5. The second kappa shape index (κ2) is 30.8. The number of para-hydroxylation sites is 2. The Balaban J connectivity index is 1.55. The van der Waals surface area contributed by atoms with Gasteiger partial charge in [-0.3, -0.25) is 4.99 Å². The van der Waals surface area contributed by atoms with E-state index in [2.05, 4.69) is 86.7 Å². The van der Waals surface area contributed by atoms with Crippen LogP contribution < -0.4 is 0 Å². The zero-order valence-electron chi connectivity index (χ0n) is 30.9. The average Bonchev–Trinajstić information content (AvgIpc) is 3.10. The van der Waals surface area contributed by atoms with E-state index in [1.165, 1.54) is 154 Å². The number of benzene rings is 2. The smallest absolute Gasteiger partial charge is 0.0848 e. The molecule has 2 aromatic rings. The second-order valence-electron chi connectivity index (χ2n) is 13.8. The fourth-order valence-electron chi connectivity index (χ4n) is 6.35. The molecule has 0 N–H and O–H groups in total. The lowest BCUT2D eigenvalue weighted by molar-refractivity contribution is 0.519. The maximum atomic E-state index is 5.07. The zero-order valence-corrected chi connectivity index (χ0v) is 30.9. The molecule has 0 unspecified atom stereocenters. The Morgan fingerprint density at radius 3 is 1.21 bits per heavy atom. The van der Waals surface area contributed by atoms with E-state index in [9.17, 15) is 0 Å². The van der Waals surface area contributed by atoms with Gasteiger partial charge in [-0.25, -0.2) is 4.99 Å². The van der Waals surface area contributed by atoms with Gasteiger partial charge in [0.15, 0.2) is 0 Å². The minimum absolute atomic E-state index is 0.956. The highest BCUT2D eigenvalue weighted by atomic mass is 14.8. The molecule has 0 amide bonds. The van der Waals surface area contributed by atoms with Crippen LogP contribution >= 0.6 is 0 Å². The normalized spacial score (nSPS) is 12.4. The molecule has 0 aliphatic rings. The van der Waals surface area contributed by atoms with Crippen LogP contribution in [-0.4, -0.2) is 11.4 Å². The number of allylic oxidation sites excluding steroid dienone is 2. The fraction of sp³-hybridized carbons (Fsp3) is 0.644. The van der Waals surface area contributed by atoms with Crippen LogP contribution in [0.5, 0.6) is 0 Å². The first-order valence-corrected chi connectivity index (χ1v) is 20.3. The molecule has 0 aliphatic heterocycles. The number of hydrogen-bond donors (Lipinski definition) is 0. The van der Waals surface area contributed by atoms with E-state index in [4.69, 9.17) is 9.98 Å². The third-order valence-corrected chi connectivity index (χ3v) is 9.34. The highest BCUT2D eigenvalue weighted by Gasteiger charge is 2.08. The van der Waals surface area contributed by atoms with Crippen LogP contribution in [-0.2, 0) is 0 Å². The lowest BCUT2D eigenvalue weighted by Crippen LogP contribution is -2.12. The van der Waals surface area contributed by atoms with Crippen molar-refractivity contribution in [3.8, 4) is 0 Å². The first-order valence-electron chi connectivity index (χ1n) is 20.3. The first-order chi connectivity index (χ1) is 23.3. The van der Waals surface area contributed by atoms with Crippen molar-refractivity contribution < 1.29 is 0 Å². The Morgan fingerprint density at radius 2 is 0.787 bits per heavy atom. The molecule has 47 heavy (non-hydrogen) atoms. The summed E-state index contributed by atoms with van der Waals surface area (Å²) in [5.41, 5.74) is 4.11. The van der Waals surface area contributed by atoms with Crippen molar-refractivity contribution in [3.63, 3.8) is 0 Å². The minimum atomic E-state index is 0.956. The van der Waals surface area contributed by atoms with Crippen molar-refractivity contribution in [1.29, 1.82) is 0 Å². The maximum absolute atomic E-state index is 5.07. The van der Waals surface area contributed by atoms with Crippen LogP contribution in [0.15, 0.2) is 82.8 Å². The molecule has 0 heterocycles. The third-order valence-electron chi connectivity index (χ3n) is 9.34. The summed E-state index contributed by atoms with van der Waals surface area (Å²) in [5, 5.41) is 0. The molecule has 2 heteroatoms. The summed E-state index contributed by atoms with van der Waals surface area (Å²) in [6, 6.07) is 20.7. The Kier molecular flexibility index (Phi) is 26.7. The number of hydrogen-bond acceptors (Lipinski definition) is 2. The monoisotopic (exact) mass is 641 g/mol. The lowest BCUT2D eigenvalue weighted by atomic mass is 10.0. The van der Waals surface area contributed by atoms with E-state index in [0.29, 0.717) is 0 Å². The molecule has 0 radical (unpaired) electrons. The maximum Gasteiger partial charge on any atom is 0.0848 e. The van der Waals surface area contributed by atoms with E-state index >= 15 is 0 Å². The van der Waals surface area contributed by atoms with E-state index in [0.717, 1.165) is 42.1 Å². The van der Waals surface area contributed by atoms with Gasteiger partial charge < -0.3 is 0 Å². The summed E-state index contributed by atoms with van der Waals surface area (Å²) in [4.78, 5) is 10.1. The van der Waals surface area contributed by atoms with Crippen LogP contribution in [0.25, 0.3) is 0 Å². The molecule has 2 rings (SSSR count). The van der Waals surface area contributed by atoms with Gasteiger partial charge in [0.2, 0.25) is 0 Å². The summed E-state index contributed by atoms with van der Waals surface area (Å²) in [6.07, 6.45) is 41.7. The SMILES string of the molecule is CCCCCCCCCCCCCCCCCCCCCCCC/C=C/C(=Nc1ccccc1)C(CCCCC)=Nc1ccccc1. The number of rotatable bonds is 31. The van der Waals surface area contributed by atoms with Crippen molar-refractivity contribution in [2.24, 2.45) is 9.98 Å². The molecule has 2 nitrogen and oxygen atoms in total. The quantitative estimate of drug-likeness (QED) is 0.0579. The molecule has 2 aromatic carbocycles.